The van der Waals surface area contributed by atoms with Crippen molar-refractivity contribution in [3.63, 3.8) is 0 Å². The molecule has 7 heteroatoms. The van der Waals surface area contributed by atoms with Gasteiger partial charge in [0, 0.05) is 18.3 Å². The molecule has 0 bridgehead atoms. The van der Waals surface area contributed by atoms with Crippen LogP contribution in [-0.2, 0) is 0 Å². The molecule has 0 amide bonds. The van der Waals surface area contributed by atoms with Crippen molar-refractivity contribution in [2.45, 2.75) is 0 Å². The van der Waals surface area contributed by atoms with E-state index in [9.17, 15) is 10.1 Å². The number of nitrogens with zero attached hydrogens (tertiary/aromatic N) is 4. The predicted molar refractivity (Wildman–Crippen MR) is 97.1 cm³/mol. The van der Waals surface area contributed by atoms with Gasteiger partial charge in [-0.1, -0.05) is 12.1 Å². The second kappa shape index (κ2) is 6.29. The summed E-state index contributed by atoms with van der Waals surface area (Å²) in [4.78, 5) is 10.4. The first-order chi connectivity index (χ1) is 12.7. The highest BCUT2D eigenvalue weighted by molar-refractivity contribution is 5.70. The number of benzene rings is 2. The predicted octanol–water partition coefficient (Wildman–Crippen LogP) is 3.98. The molecule has 4 rings (SSSR count). The van der Waals surface area contributed by atoms with E-state index in [0.29, 0.717) is 17.2 Å². The van der Waals surface area contributed by atoms with Gasteiger partial charge in [-0.25, -0.2) is 0 Å². The minimum Gasteiger partial charge on any atom is -0.496 e. The largest absolute Gasteiger partial charge is 0.496 e. The van der Waals surface area contributed by atoms with Gasteiger partial charge >= 0.3 is 0 Å². The Labute approximate surface area is 148 Å². The van der Waals surface area contributed by atoms with Gasteiger partial charge in [-0.2, -0.15) is 0 Å². The molecule has 0 aliphatic carbocycles. The first-order valence-corrected chi connectivity index (χ1v) is 7.90. The molecule has 0 radical (unpaired) electrons. The van der Waals surface area contributed by atoms with Crippen molar-refractivity contribution in [1.82, 2.24) is 14.6 Å². The smallest absolute Gasteiger partial charge is 0.269 e. The lowest BCUT2D eigenvalue weighted by Crippen LogP contribution is -1.94. The highest BCUT2D eigenvalue weighted by atomic mass is 16.6. The maximum absolute atomic E-state index is 10.8. The third-order valence-corrected chi connectivity index (χ3v) is 4.16. The van der Waals surface area contributed by atoms with Gasteiger partial charge in [-0.3, -0.25) is 14.5 Å². The lowest BCUT2D eigenvalue weighted by molar-refractivity contribution is -0.384. The van der Waals surface area contributed by atoms with E-state index < -0.39 is 4.92 Å². The van der Waals surface area contributed by atoms with E-state index >= 15 is 0 Å². The maximum atomic E-state index is 10.8. The van der Waals surface area contributed by atoms with E-state index in [2.05, 4.69) is 10.2 Å². The zero-order valence-electron chi connectivity index (χ0n) is 13.9. The normalized spacial score (nSPS) is 10.8. The van der Waals surface area contributed by atoms with Crippen LogP contribution < -0.4 is 4.74 Å². The fourth-order valence-electron chi connectivity index (χ4n) is 2.85. The van der Waals surface area contributed by atoms with E-state index in [0.717, 1.165) is 16.7 Å². The van der Waals surface area contributed by atoms with Gasteiger partial charge in [0.05, 0.1) is 17.6 Å². The van der Waals surface area contributed by atoms with Gasteiger partial charge in [0.15, 0.2) is 11.5 Å². The first-order valence-electron chi connectivity index (χ1n) is 7.90. The molecular formula is C19H14N4O3. The Kier molecular flexibility index (Phi) is 3.81. The van der Waals surface area contributed by atoms with Crippen molar-refractivity contribution in [2.75, 3.05) is 7.11 Å². The summed E-state index contributed by atoms with van der Waals surface area (Å²) < 4.78 is 7.31. The molecule has 0 N–H and O–H groups in total. The Bertz CT molecular complexity index is 1100. The van der Waals surface area contributed by atoms with E-state index in [-0.39, 0.29) is 5.69 Å². The van der Waals surface area contributed by atoms with Crippen LogP contribution in [0.4, 0.5) is 5.69 Å². The number of aromatic nitrogens is 3. The lowest BCUT2D eigenvalue weighted by Gasteiger charge is -2.08. The monoisotopic (exact) mass is 346 g/mol. The van der Waals surface area contributed by atoms with Gasteiger partial charge in [0.1, 0.15) is 5.75 Å². The number of ether oxygens (including phenoxy) is 1. The molecule has 0 spiro atoms. The zero-order chi connectivity index (χ0) is 18.1. The fraction of sp³-hybridized carbons (Fsp3) is 0.0526. The maximum Gasteiger partial charge on any atom is 0.269 e. The molecular weight excluding hydrogens is 332 g/mol. The fourth-order valence-corrected chi connectivity index (χ4v) is 2.85. The summed E-state index contributed by atoms with van der Waals surface area (Å²) in [6.07, 6.45) is 1.91. The van der Waals surface area contributed by atoms with Gasteiger partial charge in [-0.15, -0.1) is 10.2 Å². The Balaban J connectivity index is 1.83. The standard InChI is InChI=1S/C19H14N4O3/c1-26-17-5-3-2-4-16(17)19-21-20-18-11-8-14(12-22(18)19)13-6-9-15(10-7-13)23(24)25/h2-12H,1H3. The molecule has 2 aromatic heterocycles. The van der Waals surface area contributed by atoms with Crippen LogP contribution in [-0.4, -0.2) is 26.6 Å². The summed E-state index contributed by atoms with van der Waals surface area (Å²) >= 11 is 0. The summed E-state index contributed by atoms with van der Waals surface area (Å²) in [7, 11) is 1.62. The molecule has 2 aromatic carbocycles. The molecule has 26 heavy (non-hydrogen) atoms. The summed E-state index contributed by atoms with van der Waals surface area (Å²) in [5.74, 6) is 1.38. The van der Waals surface area contributed by atoms with Crippen LogP contribution in [0.15, 0.2) is 66.9 Å². The molecule has 0 saturated heterocycles. The number of methoxy groups -OCH3 is 1. The topological polar surface area (TPSA) is 82.6 Å². The average Bonchev–Trinajstić information content (AvgIpc) is 3.11. The van der Waals surface area contributed by atoms with Gasteiger partial charge in [0.2, 0.25) is 0 Å². The molecule has 0 aliphatic rings. The number of hydrogen-bond acceptors (Lipinski definition) is 5. The summed E-state index contributed by atoms with van der Waals surface area (Å²) in [5.41, 5.74) is 3.38. The molecule has 0 unspecified atom stereocenters. The van der Waals surface area contributed by atoms with Crippen molar-refractivity contribution in [2.24, 2.45) is 0 Å². The van der Waals surface area contributed by atoms with Crippen molar-refractivity contribution in [3.8, 4) is 28.3 Å². The lowest BCUT2D eigenvalue weighted by atomic mass is 10.1. The molecule has 0 aliphatic heterocycles. The Morgan fingerprint density at radius 3 is 2.42 bits per heavy atom. The second-order valence-corrected chi connectivity index (χ2v) is 5.67. The Hall–Kier alpha value is -3.74. The second-order valence-electron chi connectivity index (χ2n) is 5.67. The SMILES string of the molecule is COc1ccccc1-c1nnc2ccc(-c3ccc([N+](=O)[O-])cc3)cn12. The highest BCUT2D eigenvalue weighted by Crippen LogP contribution is 2.30. The summed E-state index contributed by atoms with van der Waals surface area (Å²) in [6.45, 7) is 0. The summed E-state index contributed by atoms with van der Waals surface area (Å²) in [5, 5.41) is 19.3. The Morgan fingerprint density at radius 2 is 1.69 bits per heavy atom. The van der Waals surface area contributed by atoms with Crippen molar-refractivity contribution >= 4 is 11.3 Å². The van der Waals surface area contributed by atoms with Gasteiger partial charge in [-0.05, 0) is 47.5 Å². The number of nitro groups is 1. The van der Waals surface area contributed by atoms with E-state index in [1.54, 1.807) is 19.2 Å². The van der Waals surface area contributed by atoms with Crippen molar-refractivity contribution in [3.05, 3.63) is 77.0 Å². The van der Waals surface area contributed by atoms with Crippen LogP contribution in [0.25, 0.3) is 28.2 Å². The average molecular weight is 346 g/mol. The first kappa shape index (κ1) is 15.8. The number of pyridine rings is 1. The van der Waals surface area contributed by atoms with Crippen molar-refractivity contribution in [1.29, 1.82) is 0 Å². The number of fused-ring (bicyclic) bond motifs is 1. The highest BCUT2D eigenvalue weighted by Gasteiger charge is 2.13. The van der Waals surface area contributed by atoms with Crippen LogP contribution >= 0.6 is 0 Å². The minimum absolute atomic E-state index is 0.0637. The number of nitro benzene ring substituents is 1. The molecule has 7 nitrogen and oxygen atoms in total. The van der Waals surface area contributed by atoms with Crippen LogP contribution in [0.1, 0.15) is 0 Å². The molecule has 128 valence electrons. The van der Waals surface area contributed by atoms with E-state index in [4.69, 9.17) is 4.74 Å². The van der Waals surface area contributed by atoms with E-state index in [1.165, 1.54) is 12.1 Å². The quantitative estimate of drug-likeness (QED) is 0.412. The molecule has 4 aromatic rings. The van der Waals surface area contributed by atoms with Crippen LogP contribution in [0.5, 0.6) is 5.75 Å². The van der Waals surface area contributed by atoms with Crippen LogP contribution in [0, 0.1) is 10.1 Å². The van der Waals surface area contributed by atoms with Crippen LogP contribution in [0.2, 0.25) is 0 Å². The minimum atomic E-state index is -0.410. The van der Waals surface area contributed by atoms with Gasteiger partial charge < -0.3 is 4.74 Å². The summed E-state index contributed by atoms with van der Waals surface area (Å²) in [6, 6.07) is 17.8. The molecule has 0 saturated carbocycles. The Morgan fingerprint density at radius 1 is 0.962 bits per heavy atom. The van der Waals surface area contributed by atoms with Crippen molar-refractivity contribution < 1.29 is 9.66 Å². The van der Waals surface area contributed by atoms with Crippen LogP contribution in [0.3, 0.4) is 0 Å². The molecule has 2 heterocycles. The molecule has 0 fully saturated rings. The van der Waals surface area contributed by atoms with Gasteiger partial charge in [0.25, 0.3) is 5.69 Å². The number of non-ortho nitro benzene ring substituents is 1. The number of hydrogen-bond donors (Lipinski definition) is 0. The number of rotatable bonds is 4. The number of para-hydroxylation sites is 1. The van der Waals surface area contributed by atoms with E-state index in [1.807, 2.05) is 47.0 Å². The third-order valence-electron chi connectivity index (χ3n) is 4.16. The third kappa shape index (κ3) is 2.65. The molecule has 0 atom stereocenters. The zero-order valence-corrected chi connectivity index (χ0v) is 13.9.